The molecular weight excluding hydrogens is 189 g/mol. The van der Waals surface area contributed by atoms with Crippen LogP contribution in [0.25, 0.3) is 10.8 Å². The van der Waals surface area contributed by atoms with Crippen molar-refractivity contribution >= 4 is 10.8 Å². The average molecular weight is 202 g/mol. The molecule has 15 heavy (non-hydrogen) atoms. The molecule has 77 valence electrons. The summed E-state index contributed by atoms with van der Waals surface area (Å²) in [6.07, 6.45) is 0.667. The third-order valence-corrected chi connectivity index (χ3v) is 2.49. The zero-order chi connectivity index (χ0) is 10.8. The minimum atomic E-state index is -0.188. The van der Waals surface area contributed by atoms with E-state index < -0.39 is 0 Å². The molecule has 0 aliphatic rings. The highest BCUT2D eigenvalue weighted by atomic mass is 19.1. The van der Waals surface area contributed by atoms with Gasteiger partial charge in [-0.05, 0) is 30.4 Å². The van der Waals surface area contributed by atoms with E-state index in [9.17, 15) is 4.39 Å². The van der Waals surface area contributed by atoms with Gasteiger partial charge in [0.25, 0.3) is 0 Å². The molecule has 0 spiro atoms. The number of benzene rings is 2. The average Bonchev–Trinajstić information content (AvgIpc) is 2.22. The van der Waals surface area contributed by atoms with Crippen LogP contribution in [0.15, 0.2) is 36.4 Å². The Bertz CT molecular complexity index is 477. The minimum absolute atomic E-state index is 0.154. The third kappa shape index (κ3) is 2.00. The first-order valence-corrected chi connectivity index (χ1v) is 5.05. The Morgan fingerprint density at radius 1 is 1.13 bits per heavy atom. The Morgan fingerprint density at radius 3 is 2.47 bits per heavy atom. The van der Waals surface area contributed by atoms with Gasteiger partial charge in [-0.2, -0.15) is 0 Å². The lowest BCUT2D eigenvalue weighted by Crippen LogP contribution is -2.07. The fraction of sp³-hybridized carbons (Fsp3) is 0.231. The number of rotatable bonds is 2. The van der Waals surface area contributed by atoms with E-state index in [1.807, 2.05) is 25.1 Å². The first-order valence-electron chi connectivity index (χ1n) is 5.05. The highest BCUT2D eigenvalue weighted by Crippen LogP contribution is 2.22. The molecule has 0 saturated carbocycles. The van der Waals surface area contributed by atoms with Crippen LogP contribution in [0.4, 0.5) is 4.39 Å². The summed E-state index contributed by atoms with van der Waals surface area (Å²) in [5, 5.41) is 1.58. The number of halogens is 1. The van der Waals surface area contributed by atoms with Crippen molar-refractivity contribution in [2.75, 3.05) is 0 Å². The van der Waals surface area contributed by atoms with Gasteiger partial charge in [-0.25, -0.2) is 4.39 Å². The highest BCUT2D eigenvalue weighted by Gasteiger charge is 2.06. The van der Waals surface area contributed by atoms with E-state index in [2.05, 4.69) is 0 Å². The molecule has 0 bridgehead atoms. The number of nitrogens with one attached hydrogen (secondary N) is 1. The van der Waals surface area contributed by atoms with Gasteiger partial charge in [0.05, 0.1) is 0 Å². The van der Waals surface area contributed by atoms with Crippen LogP contribution < -0.4 is 5.73 Å². The monoisotopic (exact) mass is 202 g/mol. The first kappa shape index (κ1) is 10.1. The van der Waals surface area contributed by atoms with Crippen molar-refractivity contribution in [2.45, 2.75) is 19.4 Å². The van der Waals surface area contributed by atoms with E-state index in [1.54, 1.807) is 12.1 Å². The molecule has 1 radical (unpaired) electrons. The van der Waals surface area contributed by atoms with Gasteiger partial charge in [0, 0.05) is 11.4 Å². The van der Waals surface area contributed by atoms with E-state index >= 15 is 0 Å². The smallest absolute Gasteiger partial charge is 0.131 e. The lowest BCUT2D eigenvalue weighted by molar-refractivity contribution is 0.638. The molecule has 0 fully saturated rings. The molecule has 2 rings (SSSR count). The van der Waals surface area contributed by atoms with Gasteiger partial charge in [0.15, 0.2) is 0 Å². The molecule has 2 aromatic carbocycles. The van der Waals surface area contributed by atoms with Crippen molar-refractivity contribution in [3.05, 3.63) is 47.8 Å². The zero-order valence-corrected chi connectivity index (χ0v) is 8.63. The van der Waals surface area contributed by atoms with E-state index in [1.165, 1.54) is 6.07 Å². The van der Waals surface area contributed by atoms with Crippen LogP contribution in [0.5, 0.6) is 0 Å². The molecule has 1 atom stereocenters. The molecule has 0 aromatic heterocycles. The number of hydrogen-bond acceptors (Lipinski definition) is 0. The first-order chi connectivity index (χ1) is 7.18. The van der Waals surface area contributed by atoms with Crippen molar-refractivity contribution in [3.8, 4) is 0 Å². The van der Waals surface area contributed by atoms with Crippen LogP contribution in [-0.2, 0) is 6.42 Å². The van der Waals surface area contributed by atoms with E-state index in [0.717, 1.165) is 10.9 Å². The molecule has 1 unspecified atom stereocenters. The molecular formula is C13H13FN. The Kier molecular flexibility index (Phi) is 2.69. The van der Waals surface area contributed by atoms with Crippen LogP contribution in [0.2, 0.25) is 0 Å². The fourth-order valence-corrected chi connectivity index (χ4v) is 1.83. The lowest BCUT2D eigenvalue weighted by atomic mass is 9.99. The standard InChI is InChI=1S/C13H13FN/c1-9(15)8-10-6-7-13(14)12-5-3-2-4-11(10)12/h2-7,9,15H,8H2,1H3. The van der Waals surface area contributed by atoms with Gasteiger partial charge in [-0.1, -0.05) is 30.3 Å². The van der Waals surface area contributed by atoms with Gasteiger partial charge >= 0.3 is 0 Å². The Labute approximate surface area is 88.7 Å². The van der Waals surface area contributed by atoms with Crippen LogP contribution in [0.3, 0.4) is 0 Å². The van der Waals surface area contributed by atoms with Gasteiger partial charge in [-0.15, -0.1) is 0 Å². The van der Waals surface area contributed by atoms with E-state index in [4.69, 9.17) is 5.73 Å². The van der Waals surface area contributed by atoms with Crippen molar-refractivity contribution in [2.24, 2.45) is 0 Å². The second-order valence-corrected chi connectivity index (χ2v) is 3.86. The Hall–Kier alpha value is -1.41. The van der Waals surface area contributed by atoms with Gasteiger partial charge in [-0.3, -0.25) is 5.73 Å². The summed E-state index contributed by atoms with van der Waals surface area (Å²) in [6, 6.07) is 10.5. The quantitative estimate of drug-likeness (QED) is 0.714. The normalized spacial score (nSPS) is 13.0. The molecule has 1 N–H and O–H groups in total. The fourth-order valence-electron chi connectivity index (χ4n) is 1.83. The largest absolute Gasteiger partial charge is 0.254 e. The maximum atomic E-state index is 13.5. The predicted octanol–water partition coefficient (Wildman–Crippen LogP) is 3.19. The van der Waals surface area contributed by atoms with Gasteiger partial charge in [0.1, 0.15) is 5.82 Å². The summed E-state index contributed by atoms with van der Waals surface area (Å²) >= 11 is 0. The summed E-state index contributed by atoms with van der Waals surface area (Å²) in [4.78, 5) is 0. The minimum Gasteiger partial charge on any atom is -0.254 e. The summed E-state index contributed by atoms with van der Waals surface area (Å²) in [5.74, 6) is -0.188. The summed E-state index contributed by atoms with van der Waals surface area (Å²) in [6.45, 7) is 1.85. The summed E-state index contributed by atoms with van der Waals surface area (Å²) < 4.78 is 13.5. The van der Waals surface area contributed by atoms with Crippen molar-refractivity contribution in [3.63, 3.8) is 0 Å². The highest BCUT2D eigenvalue weighted by molar-refractivity contribution is 5.86. The number of fused-ring (bicyclic) bond motifs is 1. The van der Waals surface area contributed by atoms with Crippen LogP contribution >= 0.6 is 0 Å². The summed E-state index contributed by atoms with van der Waals surface area (Å²) in [5.41, 5.74) is 8.60. The molecule has 1 nitrogen and oxygen atoms in total. The number of hydrogen-bond donors (Lipinski definition) is 0. The van der Waals surface area contributed by atoms with Crippen molar-refractivity contribution in [1.82, 2.24) is 5.73 Å². The molecule has 0 amide bonds. The topological polar surface area (TPSA) is 23.8 Å². The molecule has 0 aliphatic carbocycles. The predicted molar refractivity (Wildman–Crippen MR) is 60.2 cm³/mol. The Morgan fingerprint density at radius 2 is 1.80 bits per heavy atom. The zero-order valence-electron chi connectivity index (χ0n) is 8.63. The van der Waals surface area contributed by atoms with Gasteiger partial charge < -0.3 is 0 Å². The molecule has 0 heterocycles. The summed E-state index contributed by atoms with van der Waals surface area (Å²) in [7, 11) is 0. The molecule has 0 saturated heterocycles. The van der Waals surface area contributed by atoms with E-state index in [0.29, 0.717) is 11.8 Å². The van der Waals surface area contributed by atoms with Crippen molar-refractivity contribution < 1.29 is 4.39 Å². The molecule has 2 aromatic rings. The maximum absolute atomic E-state index is 13.5. The Balaban J connectivity index is 2.61. The third-order valence-electron chi connectivity index (χ3n) is 2.49. The SMILES string of the molecule is CC([NH])Cc1ccc(F)c2ccccc12. The maximum Gasteiger partial charge on any atom is 0.131 e. The second-order valence-electron chi connectivity index (χ2n) is 3.86. The van der Waals surface area contributed by atoms with Crippen LogP contribution in [-0.4, -0.2) is 6.04 Å². The van der Waals surface area contributed by atoms with Crippen molar-refractivity contribution in [1.29, 1.82) is 0 Å². The van der Waals surface area contributed by atoms with E-state index in [-0.39, 0.29) is 11.9 Å². The molecule has 0 aliphatic heterocycles. The molecule has 2 heteroatoms. The van der Waals surface area contributed by atoms with Crippen LogP contribution in [0, 0.1) is 5.82 Å². The van der Waals surface area contributed by atoms with Crippen LogP contribution in [0.1, 0.15) is 12.5 Å². The lowest BCUT2D eigenvalue weighted by Gasteiger charge is -2.08. The van der Waals surface area contributed by atoms with Gasteiger partial charge in [0.2, 0.25) is 0 Å². The second kappa shape index (κ2) is 3.99.